The maximum atomic E-state index is 5.40. The van der Waals surface area contributed by atoms with Gasteiger partial charge >= 0.3 is 0 Å². The fourth-order valence-corrected chi connectivity index (χ4v) is 9.05. The number of nitrogens with zero attached hydrogens (tertiary/aromatic N) is 5. The monoisotopic (exact) mass is 791 g/mol. The second kappa shape index (κ2) is 14.7. The Kier molecular flexibility index (Phi) is 8.42. The molecule has 0 atom stereocenters. The van der Waals surface area contributed by atoms with E-state index in [4.69, 9.17) is 15.0 Å². The second-order valence-corrected chi connectivity index (χ2v) is 15.7. The fourth-order valence-electron chi connectivity index (χ4n) is 9.05. The highest BCUT2D eigenvalue weighted by molar-refractivity contribution is 6.24. The highest BCUT2D eigenvalue weighted by Gasteiger charge is 2.24. The summed E-state index contributed by atoms with van der Waals surface area (Å²) in [5, 5.41) is 4.59. The van der Waals surface area contributed by atoms with Gasteiger partial charge in [0.1, 0.15) is 0 Å². The predicted octanol–water partition coefficient (Wildman–Crippen LogP) is 14.4. The molecule has 290 valence electrons. The Balaban J connectivity index is 1.12. The Morgan fingerprint density at radius 2 is 0.694 bits per heavy atom. The van der Waals surface area contributed by atoms with Crippen molar-refractivity contribution in [3.63, 3.8) is 0 Å². The zero-order chi connectivity index (χ0) is 41.0. The number of fused-ring (bicyclic) bond motifs is 7. The Morgan fingerprint density at radius 3 is 1.34 bits per heavy atom. The molecule has 0 amide bonds. The molecule has 3 heterocycles. The topological polar surface area (TPSA) is 48.5 Å². The van der Waals surface area contributed by atoms with Gasteiger partial charge in [0, 0.05) is 38.4 Å². The van der Waals surface area contributed by atoms with Crippen molar-refractivity contribution in [3.05, 3.63) is 224 Å². The minimum absolute atomic E-state index is 0.554. The summed E-state index contributed by atoms with van der Waals surface area (Å²) in [6, 6.07) is 79.2. The summed E-state index contributed by atoms with van der Waals surface area (Å²) in [7, 11) is 0. The molecule has 0 saturated heterocycles. The number of benzene rings is 9. The quantitative estimate of drug-likeness (QED) is 0.162. The molecule has 0 unspecified atom stereocenters. The van der Waals surface area contributed by atoms with E-state index in [-0.39, 0.29) is 0 Å². The van der Waals surface area contributed by atoms with Crippen LogP contribution in [0.1, 0.15) is 0 Å². The van der Waals surface area contributed by atoms with Crippen LogP contribution in [0.25, 0.3) is 111 Å². The third-order valence-electron chi connectivity index (χ3n) is 12.0. The van der Waals surface area contributed by atoms with Crippen LogP contribution in [0, 0.1) is 0 Å². The van der Waals surface area contributed by atoms with Crippen LogP contribution in [0.4, 0.5) is 0 Å². The molecular formula is C57H37N5. The minimum atomic E-state index is 0.554. The zero-order valence-electron chi connectivity index (χ0n) is 33.6. The summed E-state index contributed by atoms with van der Waals surface area (Å²) in [5.41, 5.74) is 14.2. The molecule has 5 heteroatoms. The third-order valence-corrected chi connectivity index (χ3v) is 12.0. The van der Waals surface area contributed by atoms with Gasteiger partial charge in [-0.25, -0.2) is 4.98 Å². The number of hydrogen-bond acceptors (Lipinski definition) is 3. The van der Waals surface area contributed by atoms with Crippen molar-refractivity contribution >= 4 is 43.6 Å². The minimum Gasteiger partial charge on any atom is -0.307 e. The van der Waals surface area contributed by atoms with E-state index in [2.05, 4.69) is 215 Å². The third kappa shape index (κ3) is 5.98. The van der Waals surface area contributed by atoms with Crippen molar-refractivity contribution < 1.29 is 0 Å². The van der Waals surface area contributed by atoms with Gasteiger partial charge in [-0.15, -0.1) is 0 Å². The van der Waals surface area contributed by atoms with E-state index in [9.17, 15) is 0 Å². The summed E-state index contributed by atoms with van der Waals surface area (Å²) in [6.07, 6.45) is 0. The van der Waals surface area contributed by atoms with E-state index in [0.29, 0.717) is 17.6 Å². The van der Waals surface area contributed by atoms with Crippen LogP contribution in [-0.2, 0) is 0 Å². The maximum absolute atomic E-state index is 5.40. The van der Waals surface area contributed by atoms with E-state index in [1.807, 2.05) is 18.2 Å². The molecule has 0 aliphatic heterocycles. The van der Waals surface area contributed by atoms with Gasteiger partial charge in [0.2, 0.25) is 5.95 Å². The lowest BCUT2D eigenvalue weighted by atomic mass is 9.98. The van der Waals surface area contributed by atoms with E-state index in [1.165, 1.54) is 22.1 Å². The lowest BCUT2D eigenvalue weighted by molar-refractivity contribution is 0.953. The second-order valence-electron chi connectivity index (χ2n) is 15.7. The average Bonchev–Trinajstić information content (AvgIpc) is 3.88. The molecule has 62 heavy (non-hydrogen) atoms. The summed E-state index contributed by atoms with van der Waals surface area (Å²) < 4.78 is 4.66. The van der Waals surface area contributed by atoms with Crippen LogP contribution in [-0.4, -0.2) is 24.1 Å². The Hall–Kier alpha value is -8.41. The normalized spacial score (nSPS) is 11.5. The van der Waals surface area contributed by atoms with Crippen LogP contribution in [0.5, 0.6) is 0 Å². The first kappa shape index (κ1) is 35.5. The summed E-state index contributed by atoms with van der Waals surface area (Å²) in [6.45, 7) is 0. The first-order valence-corrected chi connectivity index (χ1v) is 20.9. The highest BCUT2D eigenvalue weighted by Crippen LogP contribution is 2.42. The van der Waals surface area contributed by atoms with Crippen molar-refractivity contribution in [3.8, 4) is 67.8 Å². The van der Waals surface area contributed by atoms with Gasteiger partial charge in [0.05, 0.1) is 22.1 Å². The van der Waals surface area contributed by atoms with Gasteiger partial charge < -0.3 is 4.57 Å². The molecule has 12 aromatic rings. The SMILES string of the molecule is c1ccc(-c2cccc(-c3ccc(-c4nc(-c5ccccc5)nc(-n5c6ccc(-c7ccccc7)cc6c6ccc7c8ccccc8n(-c8ccccc8)c7c65)n4)cc3)c2)cc1. The Bertz CT molecular complexity index is 3590. The molecule has 0 spiro atoms. The van der Waals surface area contributed by atoms with Crippen LogP contribution >= 0.6 is 0 Å². The Labute approximate surface area is 358 Å². The molecule has 3 aromatic heterocycles. The highest BCUT2D eigenvalue weighted by atomic mass is 15.2. The molecule has 0 N–H and O–H groups in total. The first-order chi connectivity index (χ1) is 30.7. The van der Waals surface area contributed by atoms with Crippen LogP contribution in [0.3, 0.4) is 0 Å². The van der Waals surface area contributed by atoms with E-state index < -0.39 is 0 Å². The predicted molar refractivity (Wildman–Crippen MR) is 256 cm³/mol. The van der Waals surface area contributed by atoms with E-state index >= 15 is 0 Å². The summed E-state index contributed by atoms with van der Waals surface area (Å²) in [4.78, 5) is 15.9. The van der Waals surface area contributed by atoms with Crippen molar-refractivity contribution in [1.82, 2.24) is 24.1 Å². The lowest BCUT2D eigenvalue weighted by Gasteiger charge is -2.13. The lowest BCUT2D eigenvalue weighted by Crippen LogP contribution is -2.07. The average molecular weight is 792 g/mol. The van der Waals surface area contributed by atoms with Crippen molar-refractivity contribution in [2.75, 3.05) is 0 Å². The molecule has 0 aliphatic rings. The first-order valence-electron chi connectivity index (χ1n) is 20.9. The number of rotatable bonds is 7. The van der Waals surface area contributed by atoms with E-state index in [0.717, 1.165) is 71.7 Å². The summed E-state index contributed by atoms with van der Waals surface area (Å²) >= 11 is 0. The molecule has 9 aromatic carbocycles. The molecule has 12 rings (SSSR count). The van der Waals surface area contributed by atoms with Crippen LogP contribution in [0.15, 0.2) is 224 Å². The molecule has 0 saturated carbocycles. The van der Waals surface area contributed by atoms with Gasteiger partial charge in [-0.3, -0.25) is 4.57 Å². The maximum Gasteiger partial charge on any atom is 0.238 e. The molecule has 0 bridgehead atoms. The number of para-hydroxylation sites is 2. The van der Waals surface area contributed by atoms with Gasteiger partial charge in [-0.05, 0) is 69.8 Å². The zero-order valence-corrected chi connectivity index (χ0v) is 33.6. The molecule has 0 radical (unpaired) electrons. The van der Waals surface area contributed by atoms with Crippen molar-refractivity contribution in [1.29, 1.82) is 0 Å². The largest absolute Gasteiger partial charge is 0.307 e. The van der Waals surface area contributed by atoms with Crippen molar-refractivity contribution in [2.24, 2.45) is 0 Å². The van der Waals surface area contributed by atoms with Crippen molar-refractivity contribution in [2.45, 2.75) is 0 Å². The number of aromatic nitrogens is 5. The Morgan fingerprint density at radius 1 is 0.258 bits per heavy atom. The smallest absolute Gasteiger partial charge is 0.238 e. The standard InChI is InChI=1S/C57H37N5/c1-5-16-38(17-6-1)43-22-15-23-44(36-43)40-28-30-42(31-29-40)56-58-55(41-20-9-3-10-21-41)59-57(60-56)62-52-35-32-45(39-18-7-2-8-19-39)37-50(52)49-34-33-48-47-26-13-14-27-51(47)61(53(48)54(49)62)46-24-11-4-12-25-46/h1-37H. The molecule has 5 nitrogen and oxygen atoms in total. The molecule has 0 fully saturated rings. The fraction of sp³-hybridized carbons (Fsp3) is 0. The van der Waals surface area contributed by atoms with E-state index in [1.54, 1.807) is 0 Å². The number of hydrogen-bond donors (Lipinski definition) is 0. The van der Waals surface area contributed by atoms with Gasteiger partial charge in [0.25, 0.3) is 0 Å². The van der Waals surface area contributed by atoms with Gasteiger partial charge in [-0.2, -0.15) is 9.97 Å². The van der Waals surface area contributed by atoms with Crippen LogP contribution in [0.2, 0.25) is 0 Å². The van der Waals surface area contributed by atoms with Gasteiger partial charge in [0.15, 0.2) is 11.6 Å². The van der Waals surface area contributed by atoms with Gasteiger partial charge in [-0.1, -0.05) is 188 Å². The summed E-state index contributed by atoms with van der Waals surface area (Å²) in [5.74, 6) is 1.76. The molecular weight excluding hydrogens is 755 g/mol. The van der Waals surface area contributed by atoms with Crippen LogP contribution < -0.4 is 0 Å². The molecule has 0 aliphatic carbocycles.